The molecule has 14 heteroatoms. The molecule has 2 aliphatic rings. The number of nitrogens with zero attached hydrogens (tertiary/aromatic N) is 6. The molecule has 188 valence electrons. The van der Waals surface area contributed by atoms with E-state index in [4.69, 9.17) is 45.9 Å². The van der Waals surface area contributed by atoms with Gasteiger partial charge in [0.05, 0.1) is 6.21 Å². The Bertz CT molecular complexity index is 982. The average Bonchev–Trinajstić information content (AvgIpc) is 2.78. The van der Waals surface area contributed by atoms with Gasteiger partial charge < -0.3 is 43.8 Å². The SMILES string of the molecule is NC(=S)N/N=C/c1ccc(Nc2nc(N3C[C@H](N)C[C@H](N)C3)nc(N3C[C@H](N)C[C@H](N)C3)n2)cc1. The van der Waals surface area contributed by atoms with Gasteiger partial charge in [-0.05, 0) is 42.8 Å². The van der Waals surface area contributed by atoms with Crippen LogP contribution in [-0.4, -0.2) is 76.6 Å². The standard InChI is InChI=1S/C21H33N13S/c22-13-5-14(23)9-33(8-13)20-29-19(30-21(31-20)34-10-15(24)6-16(25)11-34)28-17-3-1-12(2-4-17)7-27-32-18(26)35/h1-4,7,13-16H,5-6,8-11,22-25H2,(H3,26,32,35)(H,28,29,30,31)/b27-7+/t13-,14+,15-,16+. The molecular formula is C21H33N13S. The number of aromatic nitrogens is 3. The van der Waals surface area contributed by atoms with Crippen molar-refractivity contribution >= 4 is 47.1 Å². The lowest BCUT2D eigenvalue weighted by Gasteiger charge is -2.37. The Kier molecular flexibility index (Phi) is 7.87. The minimum absolute atomic E-state index is 0.0514. The van der Waals surface area contributed by atoms with Crippen molar-refractivity contribution in [1.29, 1.82) is 0 Å². The second kappa shape index (κ2) is 11.0. The molecule has 0 saturated carbocycles. The molecule has 0 radical (unpaired) electrons. The van der Waals surface area contributed by atoms with Crippen molar-refractivity contribution in [2.75, 3.05) is 41.3 Å². The molecule has 0 amide bonds. The molecule has 0 bridgehead atoms. The zero-order chi connectivity index (χ0) is 24.9. The van der Waals surface area contributed by atoms with Gasteiger partial charge in [-0.3, -0.25) is 5.43 Å². The maximum Gasteiger partial charge on any atom is 0.233 e. The highest BCUT2D eigenvalue weighted by Crippen LogP contribution is 2.23. The van der Waals surface area contributed by atoms with Crippen molar-refractivity contribution in [1.82, 2.24) is 20.4 Å². The highest BCUT2D eigenvalue weighted by Gasteiger charge is 2.28. The van der Waals surface area contributed by atoms with E-state index in [2.05, 4.69) is 25.8 Å². The molecule has 0 aliphatic carbocycles. The van der Waals surface area contributed by atoms with Crippen LogP contribution in [0.3, 0.4) is 0 Å². The summed E-state index contributed by atoms with van der Waals surface area (Å²) in [6.07, 6.45) is 3.14. The van der Waals surface area contributed by atoms with Crippen LogP contribution in [0.1, 0.15) is 18.4 Å². The molecule has 4 atom stereocenters. The number of piperidine rings is 2. The molecule has 2 aliphatic heterocycles. The van der Waals surface area contributed by atoms with E-state index in [1.807, 2.05) is 34.1 Å². The summed E-state index contributed by atoms with van der Waals surface area (Å²) in [5.41, 5.74) is 34.4. The number of anilines is 4. The molecular weight excluding hydrogens is 466 g/mol. The number of benzene rings is 1. The largest absolute Gasteiger partial charge is 0.375 e. The summed E-state index contributed by atoms with van der Waals surface area (Å²) < 4.78 is 0. The Morgan fingerprint density at radius 2 is 1.34 bits per heavy atom. The number of hydrazone groups is 1. The van der Waals surface area contributed by atoms with Crippen LogP contribution in [0.4, 0.5) is 23.5 Å². The first-order valence-electron chi connectivity index (χ1n) is 11.5. The summed E-state index contributed by atoms with van der Waals surface area (Å²) in [5.74, 6) is 1.44. The van der Waals surface area contributed by atoms with Crippen LogP contribution < -0.4 is 49.2 Å². The number of hydrogen-bond donors (Lipinski definition) is 7. The number of nitrogens with one attached hydrogen (secondary N) is 2. The zero-order valence-electron chi connectivity index (χ0n) is 19.4. The van der Waals surface area contributed by atoms with Gasteiger partial charge in [-0.2, -0.15) is 20.1 Å². The first kappa shape index (κ1) is 24.9. The van der Waals surface area contributed by atoms with Gasteiger partial charge in [0, 0.05) is 56.0 Å². The van der Waals surface area contributed by atoms with Crippen LogP contribution in [0.25, 0.3) is 0 Å². The summed E-state index contributed by atoms with van der Waals surface area (Å²) in [6, 6.07) is 7.36. The van der Waals surface area contributed by atoms with E-state index in [1.165, 1.54) is 0 Å². The highest BCUT2D eigenvalue weighted by molar-refractivity contribution is 7.80. The summed E-state index contributed by atoms with van der Waals surface area (Å²) in [6.45, 7) is 2.46. The summed E-state index contributed by atoms with van der Waals surface area (Å²) in [7, 11) is 0. The second-order valence-electron chi connectivity index (χ2n) is 9.06. The van der Waals surface area contributed by atoms with E-state index in [1.54, 1.807) is 6.21 Å². The van der Waals surface area contributed by atoms with Gasteiger partial charge in [-0.25, -0.2) is 0 Å². The lowest BCUT2D eigenvalue weighted by atomic mass is 10.0. The van der Waals surface area contributed by atoms with Crippen molar-refractivity contribution in [3.8, 4) is 0 Å². The molecule has 13 nitrogen and oxygen atoms in total. The monoisotopic (exact) mass is 499 g/mol. The van der Waals surface area contributed by atoms with Crippen molar-refractivity contribution in [3.05, 3.63) is 29.8 Å². The van der Waals surface area contributed by atoms with Crippen molar-refractivity contribution in [3.63, 3.8) is 0 Å². The van der Waals surface area contributed by atoms with Crippen molar-refractivity contribution in [2.24, 2.45) is 33.8 Å². The van der Waals surface area contributed by atoms with E-state index >= 15 is 0 Å². The first-order valence-corrected chi connectivity index (χ1v) is 11.9. The lowest BCUT2D eigenvalue weighted by Crippen LogP contribution is -2.54. The Hall–Kier alpha value is -3.17. The molecule has 0 spiro atoms. The highest BCUT2D eigenvalue weighted by atomic mass is 32.1. The van der Waals surface area contributed by atoms with Gasteiger partial charge in [0.2, 0.25) is 17.8 Å². The zero-order valence-corrected chi connectivity index (χ0v) is 20.2. The number of nitrogens with two attached hydrogens (primary N) is 5. The van der Waals surface area contributed by atoms with Gasteiger partial charge in [-0.1, -0.05) is 12.1 Å². The molecule has 1 aromatic heterocycles. The van der Waals surface area contributed by atoms with E-state index in [0.29, 0.717) is 44.0 Å². The van der Waals surface area contributed by atoms with Crippen LogP contribution in [0, 0.1) is 0 Å². The molecule has 2 saturated heterocycles. The predicted molar refractivity (Wildman–Crippen MR) is 143 cm³/mol. The van der Waals surface area contributed by atoms with Crippen LogP contribution in [0.2, 0.25) is 0 Å². The third-order valence-corrected chi connectivity index (χ3v) is 5.85. The molecule has 12 N–H and O–H groups in total. The van der Waals surface area contributed by atoms with Gasteiger partial charge >= 0.3 is 0 Å². The Morgan fingerprint density at radius 1 is 0.857 bits per heavy atom. The van der Waals surface area contributed by atoms with E-state index in [9.17, 15) is 0 Å². The van der Waals surface area contributed by atoms with Crippen molar-refractivity contribution in [2.45, 2.75) is 37.0 Å². The van der Waals surface area contributed by atoms with Gasteiger partial charge in [0.1, 0.15) is 0 Å². The van der Waals surface area contributed by atoms with E-state index in [0.717, 1.165) is 24.1 Å². The minimum Gasteiger partial charge on any atom is -0.375 e. The Labute approximate surface area is 209 Å². The topological polar surface area (TPSA) is 212 Å². The first-order chi connectivity index (χ1) is 16.7. The molecule has 1 aromatic carbocycles. The number of thiocarbonyl (C=S) groups is 1. The van der Waals surface area contributed by atoms with Crippen LogP contribution in [0.5, 0.6) is 0 Å². The fourth-order valence-corrected chi connectivity index (χ4v) is 4.38. The fraction of sp³-hybridized carbons (Fsp3) is 0.476. The maximum atomic E-state index is 6.22. The van der Waals surface area contributed by atoms with Crippen LogP contribution >= 0.6 is 12.2 Å². The molecule has 0 unspecified atom stereocenters. The van der Waals surface area contributed by atoms with Crippen LogP contribution in [-0.2, 0) is 0 Å². The fourth-order valence-electron chi connectivity index (χ4n) is 4.33. The molecule has 4 rings (SSSR count). The molecule has 2 aromatic rings. The molecule has 35 heavy (non-hydrogen) atoms. The Balaban J connectivity index is 1.59. The van der Waals surface area contributed by atoms with Crippen LogP contribution in [0.15, 0.2) is 29.4 Å². The Morgan fingerprint density at radius 3 is 1.80 bits per heavy atom. The summed E-state index contributed by atoms with van der Waals surface area (Å²) >= 11 is 4.73. The van der Waals surface area contributed by atoms with E-state index < -0.39 is 0 Å². The maximum absolute atomic E-state index is 6.22. The van der Waals surface area contributed by atoms with Gasteiger partial charge in [0.15, 0.2) is 5.11 Å². The average molecular weight is 500 g/mol. The quantitative estimate of drug-likeness (QED) is 0.137. The summed E-state index contributed by atoms with van der Waals surface area (Å²) in [4.78, 5) is 18.1. The molecule has 2 fully saturated rings. The van der Waals surface area contributed by atoms with Gasteiger partial charge in [0.25, 0.3) is 0 Å². The third kappa shape index (κ3) is 6.93. The number of hydrogen-bond acceptors (Lipinski definition) is 12. The minimum atomic E-state index is -0.0514. The second-order valence-corrected chi connectivity index (χ2v) is 9.50. The predicted octanol–water partition coefficient (Wildman–Crippen LogP) is -1.49. The smallest absolute Gasteiger partial charge is 0.233 e. The number of rotatable bonds is 6. The van der Waals surface area contributed by atoms with Gasteiger partial charge in [-0.15, -0.1) is 0 Å². The molecule has 3 heterocycles. The third-order valence-electron chi connectivity index (χ3n) is 5.76. The summed E-state index contributed by atoms with van der Waals surface area (Å²) in [5, 5.41) is 7.33. The lowest BCUT2D eigenvalue weighted by molar-refractivity contribution is 0.441. The van der Waals surface area contributed by atoms with Crippen molar-refractivity contribution < 1.29 is 0 Å². The normalized spacial score (nSPS) is 25.0. The van der Waals surface area contributed by atoms with E-state index in [-0.39, 0.29) is 29.3 Å².